The summed E-state index contributed by atoms with van der Waals surface area (Å²) < 4.78 is 27.0. The molecule has 2 aromatic carbocycles. The van der Waals surface area contributed by atoms with E-state index in [1.165, 1.54) is 30.8 Å². The van der Waals surface area contributed by atoms with E-state index in [1.807, 2.05) is 22.8 Å². The summed E-state index contributed by atoms with van der Waals surface area (Å²) in [4.78, 5) is 13.8. The Labute approximate surface area is 184 Å². The number of carbonyl (C=O) groups is 1. The van der Waals surface area contributed by atoms with E-state index in [4.69, 9.17) is 9.47 Å². The van der Waals surface area contributed by atoms with Crippen LogP contribution in [-0.4, -0.2) is 59.2 Å². The van der Waals surface area contributed by atoms with E-state index in [2.05, 4.69) is 15.1 Å². The van der Waals surface area contributed by atoms with Crippen molar-refractivity contribution in [2.45, 2.75) is 12.1 Å². The van der Waals surface area contributed by atoms with Crippen LogP contribution >= 0.6 is 11.8 Å². The normalized spacial score (nSPS) is 13.9. The van der Waals surface area contributed by atoms with Gasteiger partial charge in [-0.3, -0.25) is 9.36 Å². The lowest BCUT2D eigenvalue weighted by Crippen LogP contribution is -2.37. The van der Waals surface area contributed by atoms with Gasteiger partial charge in [-0.25, -0.2) is 4.39 Å². The highest BCUT2D eigenvalue weighted by Crippen LogP contribution is 2.28. The van der Waals surface area contributed by atoms with E-state index >= 15 is 0 Å². The number of nitrogens with zero attached hydrogens (tertiary/aromatic N) is 4. The van der Waals surface area contributed by atoms with E-state index < -0.39 is 0 Å². The molecule has 0 radical (unpaired) electrons. The SMILES string of the molecule is CC(=O)c1ccccc1OCCSc1nnc(N2CCOCC2)n1-c1cccc(F)c1. The van der Waals surface area contributed by atoms with Gasteiger partial charge in [-0.15, -0.1) is 10.2 Å². The Morgan fingerprint density at radius 2 is 1.97 bits per heavy atom. The molecule has 4 rings (SSSR count). The molecule has 7 nitrogen and oxygen atoms in total. The van der Waals surface area contributed by atoms with Crippen LogP contribution in [0.4, 0.5) is 10.3 Å². The van der Waals surface area contributed by atoms with Crippen LogP contribution in [0.15, 0.2) is 53.7 Å². The summed E-state index contributed by atoms with van der Waals surface area (Å²) in [7, 11) is 0. The summed E-state index contributed by atoms with van der Waals surface area (Å²) in [6.07, 6.45) is 0. The number of morpholine rings is 1. The Hall–Kier alpha value is -2.91. The molecule has 0 unspecified atom stereocenters. The highest BCUT2D eigenvalue weighted by molar-refractivity contribution is 7.99. The van der Waals surface area contributed by atoms with Crippen LogP contribution in [0.25, 0.3) is 5.69 Å². The van der Waals surface area contributed by atoms with Crippen molar-refractivity contribution in [3.63, 3.8) is 0 Å². The first-order valence-electron chi connectivity index (χ1n) is 10.0. The number of thioether (sulfide) groups is 1. The van der Waals surface area contributed by atoms with E-state index in [1.54, 1.807) is 18.2 Å². The zero-order chi connectivity index (χ0) is 21.6. The van der Waals surface area contributed by atoms with Crippen LogP contribution in [-0.2, 0) is 4.74 Å². The molecule has 1 aliphatic rings. The smallest absolute Gasteiger partial charge is 0.232 e. The van der Waals surface area contributed by atoms with Gasteiger partial charge in [0.1, 0.15) is 11.6 Å². The molecule has 31 heavy (non-hydrogen) atoms. The number of aromatic nitrogens is 3. The molecule has 3 aromatic rings. The second kappa shape index (κ2) is 9.93. The molecule has 0 N–H and O–H groups in total. The van der Waals surface area contributed by atoms with Gasteiger partial charge in [-0.1, -0.05) is 30.0 Å². The Kier molecular flexibility index (Phi) is 6.83. The van der Waals surface area contributed by atoms with Crippen molar-refractivity contribution in [3.8, 4) is 11.4 Å². The molecule has 0 saturated carbocycles. The van der Waals surface area contributed by atoms with Gasteiger partial charge >= 0.3 is 0 Å². The molecule has 1 fully saturated rings. The number of carbonyl (C=O) groups excluding carboxylic acids is 1. The van der Waals surface area contributed by atoms with Crippen LogP contribution < -0.4 is 9.64 Å². The third-order valence-corrected chi connectivity index (χ3v) is 5.71. The number of ketones is 1. The first kappa shape index (κ1) is 21.3. The largest absolute Gasteiger partial charge is 0.492 e. The number of anilines is 1. The first-order chi connectivity index (χ1) is 15.1. The number of Topliss-reactive ketones (excluding diaryl/α,β-unsaturated/α-hetero) is 1. The quantitative estimate of drug-likeness (QED) is 0.300. The third kappa shape index (κ3) is 5.05. The predicted octanol–water partition coefficient (Wildman–Crippen LogP) is 3.62. The molecular formula is C22H23FN4O3S. The van der Waals surface area contributed by atoms with Gasteiger partial charge in [0.15, 0.2) is 10.9 Å². The van der Waals surface area contributed by atoms with Crippen LogP contribution in [0.3, 0.4) is 0 Å². The van der Waals surface area contributed by atoms with Crippen LogP contribution in [0.1, 0.15) is 17.3 Å². The molecule has 0 aliphatic carbocycles. The number of benzene rings is 2. The molecule has 0 amide bonds. The van der Waals surface area contributed by atoms with Crippen LogP contribution in [0.5, 0.6) is 5.75 Å². The molecule has 9 heteroatoms. The van der Waals surface area contributed by atoms with Gasteiger partial charge in [0.25, 0.3) is 0 Å². The fraction of sp³-hybridized carbons (Fsp3) is 0.318. The van der Waals surface area contributed by atoms with Crippen LogP contribution in [0, 0.1) is 5.82 Å². The molecule has 0 atom stereocenters. The summed E-state index contributed by atoms with van der Waals surface area (Å²) in [5, 5.41) is 9.37. The van der Waals surface area contributed by atoms with E-state index in [0.717, 1.165) is 0 Å². The number of ether oxygens (including phenoxy) is 2. The van der Waals surface area contributed by atoms with Crippen molar-refractivity contribution in [3.05, 3.63) is 59.9 Å². The maximum Gasteiger partial charge on any atom is 0.232 e. The summed E-state index contributed by atoms with van der Waals surface area (Å²) in [6, 6.07) is 13.6. The Balaban J connectivity index is 1.50. The van der Waals surface area contributed by atoms with Crippen molar-refractivity contribution in [2.24, 2.45) is 0 Å². The number of hydrogen-bond donors (Lipinski definition) is 0. The fourth-order valence-electron chi connectivity index (χ4n) is 3.33. The number of halogens is 1. The van der Waals surface area contributed by atoms with Crippen molar-refractivity contribution < 1.29 is 18.7 Å². The Bertz CT molecular complexity index is 1050. The summed E-state index contributed by atoms with van der Waals surface area (Å²) >= 11 is 1.47. The lowest BCUT2D eigenvalue weighted by atomic mass is 10.1. The zero-order valence-electron chi connectivity index (χ0n) is 17.2. The molecule has 162 valence electrons. The highest BCUT2D eigenvalue weighted by atomic mass is 32.2. The van der Waals surface area contributed by atoms with Crippen molar-refractivity contribution >= 4 is 23.5 Å². The fourth-order valence-corrected chi connectivity index (χ4v) is 4.10. The van der Waals surface area contributed by atoms with Crippen molar-refractivity contribution in [2.75, 3.05) is 43.6 Å². The minimum atomic E-state index is -0.320. The predicted molar refractivity (Wildman–Crippen MR) is 117 cm³/mol. The monoisotopic (exact) mass is 442 g/mol. The number of rotatable bonds is 8. The summed E-state index contributed by atoms with van der Waals surface area (Å²) in [5.41, 5.74) is 1.22. The maximum atomic E-state index is 13.9. The molecule has 2 heterocycles. The lowest BCUT2D eigenvalue weighted by Gasteiger charge is -2.27. The second-order valence-electron chi connectivity index (χ2n) is 6.95. The van der Waals surface area contributed by atoms with Gasteiger partial charge in [0.05, 0.1) is 31.1 Å². The Morgan fingerprint density at radius 1 is 1.16 bits per heavy atom. The van der Waals surface area contributed by atoms with Crippen LogP contribution in [0.2, 0.25) is 0 Å². The van der Waals surface area contributed by atoms with E-state index in [9.17, 15) is 9.18 Å². The number of hydrogen-bond acceptors (Lipinski definition) is 7. The zero-order valence-corrected chi connectivity index (χ0v) is 18.0. The third-order valence-electron chi connectivity index (χ3n) is 4.82. The van der Waals surface area contributed by atoms with Gasteiger partial charge in [-0.2, -0.15) is 0 Å². The molecule has 0 spiro atoms. The van der Waals surface area contributed by atoms with Gasteiger partial charge < -0.3 is 14.4 Å². The van der Waals surface area contributed by atoms with Crippen molar-refractivity contribution in [1.29, 1.82) is 0 Å². The Morgan fingerprint density at radius 3 is 2.74 bits per heavy atom. The number of para-hydroxylation sites is 1. The maximum absolute atomic E-state index is 13.9. The molecular weight excluding hydrogens is 419 g/mol. The standard InChI is InChI=1S/C22H23FN4O3S/c1-16(28)19-7-2-3-8-20(19)30-13-14-31-22-25-24-21(26-9-11-29-12-10-26)27(22)18-6-4-5-17(23)15-18/h2-8,15H,9-14H2,1H3. The van der Waals surface area contributed by atoms with Gasteiger partial charge in [0, 0.05) is 18.8 Å². The van der Waals surface area contributed by atoms with Crippen molar-refractivity contribution in [1.82, 2.24) is 14.8 Å². The molecule has 1 aliphatic heterocycles. The van der Waals surface area contributed by atoms with Gasteiger partial charge in [0.2, 0.25) is 5.95 Å². The highest BCUT2D eigenvalue weighted by Gasteiger charge is 2.22. The molecule has 1 aromatic heterocycles. The van der Waals surface area contributed by atoms with E-state index in [-0.39, 0.29) is 11.6 Å². The average Bonchev–Trinajstić information content (AvgIpc) is 3.21. The topological polar surface area (TPSA) is 69.5 Å². The van der Waals surface area contributed by atoms with E-state index in [0.29, 0.717) is 66.8 Å². The summed E-state index contributed by atoms with van der Waals surface area (Å²) in [5.74, 6) is 1.46. The molecule has 1 saturated heterocycles. The minimum absolute atomic E-state index is 0.0377. The average molecular weight is 443 g/mol. The molecule has 0 bridgehead atoms. The summed E-state index contributed by atoms with van der Waals surface area (Å²) in [6.45, 7) is 4.53. The van der Waals surface area contributed by atoms with Gasteiger partial charge in [-0.05, 0) is 37.3 Å². The minimum Gasteiger partial charge on any atom is -0.492 e. The second-order valence-corrected chi connectivity index (χ2v) is 8.01. The first-order valence-corrected chi connectivity index (χ1v) is 11.0. The lowest BCUT2D eigenvalue weighted by molar-refractivity contribution is 0.101.